The van der Waals surface area contributed by atoms with Gasteiger partial charge >= 0.3 is 0 Å². The maximum Gasteiger partial charge on any atom is 0.251 e. The van der Waals surface area contributed by atoms with Crippen molar-refractivity contribution in [1.29, 1.82) is 5.26 Å². The van der Waals surface area contributed by atoms with Crippen LogP contribution in [0.2, 0.25) is 5.15 Å². The monoisotopic (exact) mass is 278 g/mol. The second kappa shape index (κ2) is 5.24. The third kappa shape index (κ3) is 2.83. The Morgan fingerprint density at radius 2 is 2.26 bits per heavy atom. The summed E-state index contributed by atoms with van der Waals surface area (Å²) in [7, 11) is 1.45. The van der Waals surface area contributed by atoms with E-state index in [2.05, 4.69) is 10.3 Å². The van der Waals surface area contributed by atoms with Crippen molar-refractivity contribution in [2.75, 3.05) is 12.4 Å². The summed E-state index contributed by atoms with van der Waals surface area (Å²) in [5, 5.41) is 11.9. The summed E-state index contributed by atoms with van der Waals surface area (Å²) in [6.45, 7) is 0. The number of carbonyl (C=O) groups excluding carboxylic acids is 2. The summed E-state index contributed by atoms with van der Waals surface area (Å²) < 4.78 is 0. The first kappa shape index (κ1) is 13.3. The number of hydrogen-bond donors (Lipinski definition) is 1. The molecule has 0 bridgehead atoms. The highest BCUT2D eigenvalue weighted by Gasteiger charge is 2.31. The van der Waals surface area contributed by atoms with E-state index in [9.17, 15) is 9.59 Å². The molecule has 6 nitrogen and oxygen atoms in total. The standard InChI is InChI=1S/C12H11ClN4O2/c1-17-11(18)3-2-8(12(17)19)15-10-5-7(6-14)4-9(13)16-10/h4-5,8H,2-3H2,1H3,(H,15,16). The molecule has 1 atom stereocenters. The number of piperidine rings is 1. The van der Waals surface area contributed by atoms with Crippen molar-refractivity contribution in [3.63, 3.8) is 0 Å². The van der Waals surface area contributed by atoms with Crippen molar-refractivity contribution >= 4 is 29.2 Å². The molecule has 0 radical (unpaired) electrons. The molecule has 98 valence electrons. The van der Waals surface area contributed by atoms with Crippen LogP contribution in [0.25, 0.3) is 0 Å². The number of nitrogens with one attached hydrogen (secondary N) is 1. The van der Waals surface area contributed by atoms with Gasteiger partial charge in [0.15, 0.2) is 0 Å². The smallest absolute Gasteiger partial charge is 0.251 e. The van der Waals surface area contributed by atoms with Gasteiger partial charge in [0.25, 0.3) is 5.91 Å². The molecule has 1 unspecified atom stereocenters. The average molecular weight is 279 g/mol. The Hall–Kier alpha value is -2.13. The number of likely N-dealkylation sites (tertiary alicyclic amines) is 1. The van der Waals surface area contributed by atoms with Crippen LogP contribution >= 0.6 is 11.6 Å². The van der Waals surface area contributed by atoms with Crippen LogP contribution in [0.3, 0.4) is 0 Å². The van der Waals surface area contributed by atoms with E-state index >= 15 is 0 Å². The Balaban J connectivity index is 2.18. The van der Waals surface area contributed by atoms with Crippen LogP contribution in [0.5, 0.6) is 0 Å². The van der Waals surface area contributed by atoms with E-state index in [1.165, 1.54) is 19.2 Å². The minimum Gasteiger partial charge on any atom is -0.358 e. The molecule has 7 heteroatoms. The third-order valence-electron chi connectivity index (χ3n) is 2.89. The quantitative estimate of drug-likeness (QED) is 0.648. The number of halogens is 1. The molecule has 1 fully saturated rings. The van der Waals surface area contributed by atoms with Crippen molar-refractivity contribution in [2.45, 2.75) is 18.9 Å². The van der Waals surface area contributed by atoms with Crippen molar-refractivity contribution in [3.05, 3.63) is 22.8 Å². The van der Waals surface area contributed by atoms with E-state index in [-0.39, 0.29) is 17.0 Å². The highest BCUT2D eigenvalue weighted by atomic mass is 35.5. The summed E-state index contributed by atoms with van der Waals surface area (Å²) in [6, 6.07) is 4.38. The number of hydrogen-bond acceptors (Lipinski definition) is 5. The van der Waals surface area contributed by atoms with Crippen molar-refractivity contribution < 1.29 is 9.59 Å². The Morgan fingerprint density at radius 3 is 2.95 bits per heavy atom. The molecule has 0 saturated carbocycles. The predicted molar refractivity (Wildman–Crippen MR) is 68.4 cm³/mol. The molecule has 19 heavy (non-hydrogen) atoms. The number of carbonyl (C=O) groups is 2. The van der Waals surface area contributed by atoms with Crippen LogP contribution in [0.15, 0.2) is 12.1 Å². The zero-order chi connectivity index (χ0) is 14.0. The normalized spacial score (nSPS) is 19.2. The number of aromatic nitrogens is 1. The van der Waals surface area contributed by atoms with Gasteiger partial charge in [0, 0.05) is 13.5 Å². The first-order valence-corrected chi connectivity index (χ1v) is 6.03. The Morgan fingerprint density at radius 1 is 1.53 bits per heavy atom. The fraction of sp³-hybridized carbons (Fsp3) is 0.333. The van der Waals surface area contributed by atoms with E-state index in [1.807, 2.05) is 6.07 Å². The van der Waals surface area contributed by atoms with E-state index < -0.39 is 6.04 Å². The lowest BCUT2D eigenvalue weighted by Crippen LogP contribution is -2.48. The zero-order valence-electron chi connectivity index (χ0n) is 10.2. The van der Waals surface area contributed by atoms with Gasteiger partial charge in [0.2, 0.25) is 5.91 Å². The lowest BCUT2D eigenvalue weighted by molar-refractivity contribution is -0.146. The van der Waals surface area contributed by atoms with Crippen molar-refractivity contribution in [1.82, 2.24) is 9.88 Å². The Kier molecular flexibility index (Phi) is 3.67. The Bertz CT molecular complexity index is 582. The minimum absolute atomic E-state index is 0.175. The molecule has 2 amide bonds. The summed E-state index contributed by atoms with van der Waals surface area (Å²) in [5.41, 5.74) is 0.357. The van der Waals surface area contributed by atoms with E-state index in [1.54, 1.807) is 0 Å². The van der Waals surface area contributed by atoms with Crippen LogP contribution in [0, 0.1) is 11.3 Å². The second-order valence-corrected chi connectivity index (χ2v) is 4.59. The molecule has 1 aliphatic heterocycles. The SMILES string of the molecule is CN1C(=O)CCC(Nc2cc(C#N)cc(Cl)n2)C1=O. The van der Waals surface area contributed by atoms with Crippen molar-refractivity contribution in [3.8, 4) is 6.07 Å². The lowest BCUT2D eigenvalue weighted by atomic mass is 10.0. The van der Waals surface area contributed by atoms with Gasteiger partial charge in [-0.15, -0.1) is 0 Å². The van der Waals surface area contributed by atoms with E-state index in [4.69, 9.17) is 16.9 Å². The topological polar surface area (TPSA) is 86.1 Å². The molecule has 0 aromatic carbocycles. The molecule has 1 aromatic heterocycles. The number of pyridine rings is 1. The summed E-state index contributed by atoms with van der Waals surface area (Å²) in [6.07, 6.45) is 0.698. The number of nitriles is 1. The summed E-state index contributed by atoms with van der Waals surface area (Å²) >= 11 is 5.78. The summed E-state index contributed by atoms with van der Waals surface area (Å²) in [4.78, 5) is 28.3. The molecule has 0 aliphatic carbocycles. The van der Waals surface area contributed by atoms with Gasteiger partial charge < -0.3 is 5.32 Å². The largest absolute Gasteiger partial charge is 0.358 e. The highest BCUT2D eigenvalue weighted by Crippen LogP contribution is 2.19. The molecule has 1 aromatic rings. The number of amides is 2. The highest BCUT2D eigenvalue weighted by molar-refractivity contribution is 6.29. The predicted octanol–water partition coefficient (Wildman–Crippen LogP) is 1.17. The number of rotatable bonds is 2. The maximum absolute atomic E-state index is 11.9. The first-order valence-electron chi connectivity index (χ1n) is 5.66. The van der Waals surface area contributed by atoms with Gasteiger partial charge in [-0.3, -0.25) is 14.5 Å². The zero-order valence-corrected chi connectivity index (χ0v) is 10.9. The second-order valence-electron chi connectivity index (χ2n) is 4.20. The number of likely N-dealkylation sites (N-methyl/N-ethyl adjacent to an activating group) is 1. The third-order valence-corrected chi connectivity index (χ3v) is 3.09. The van der Waals surface area contributed by atoms with Crippen LogP contribution < -0.4 is 5.32 Å². The maximum atomic E-state index is 11.9. The van der Waals surface area contributed by atoms with Gasteiger partial charge in [0.05, 0.1) is 11.6 Å². The molecule has 2 rings (SSSR count). The van der Waals surface area contributed by atoms with Gasteiger partial charge in [-0.2, -0.15) is 5.26 Å². The fourth-order valence-corrected chi connectivity index (χ4v) is 2.07. The fourth-order valence-electron chi connectivity index (χ4n) is 1.86. The minimum atomic E-state index is -0.528. The molecule has 2 heterocycles. The average Bonchev–Trinajstić information content (AvgIpc) is 2.39. The van der Waals surface area contributed by atoms with Crippen LogP contribution in [0.4, 0.5) is 5.82 Å². The molecule has 1 saturated heterocycles. The van der Waals surface area contributed by atoms with Crippen LogP contribution in [-0.4, -0.2) is 34.8 Å². The molecule has 1 N–H and O–H groups in total. The number of anilines is 1. The molecular formula is C12H11ClN4O2. The Labute approximate surface area is 115 Å². The molecular weight excluding hydrogens is 268 g/mol. The van der Waals surface area contributed by atoms with E-state index in [0.717, 1.165) is 4.90 Å². The van der Waals surface area contributed by atoms with Crippen LogP contribution in [-0.2, 0) is 9.59 Å². The number of nitrogens with zero attached hydrogens (tertiary/aromatic N) is 3. The number of imide groups is 1. The molecule has 1 aliphatic rings. The van der Waals surface area contributed by atoms with Gasteiger partial charge in [-0.05, 0) is 18.6 Å². The van der Waals surface area contributed by atoms with Gasteiger partial charge in [-0.25, -0.2) is 4.98 Å². The first-order chi connectivity index (χ1) is 9.01. The lowest BCUT2D eigenvalue weighted by Gasteiger charge is -2.28. The van der Waals surface area contributed by atoms with Crippen LogP contribution in [0.1, 0.15) is 18.4 Å². The van der Waals surface area contributed by atoms with Crippen molar-refractivity contribution in [2.24, 2.45) is 0 Å². The van der Waals surface area contributed by atoms with Gasteiger partial charge in [0.1, 0.15) is 17.0 Å². The van der Waals surface area contributed by atoms with E-state index in [0.29, 0.717) is 24.2 Å². The van der Waals surface area contributed by atoms with Gasteiger partial charge in [-0.1, -0.05) is 11.6 Å². The summed E-state index contributed by atoms with van der Waals surface area (Å²) in [5.74, 6) is -0.151. The molecule has 0 spiro atoms.